The fraction of sp³-hybridized carbons (Fsp3) is 0.263. The van der Waals surface area contributed by atoms with E-state index in [1.54, 1.807) is 6.08 Å². The Labute approximate surface area is 148 Å². The zero-order valence-electron chi connectivity index (χ0n) is 14.0. The van der Waals surface area contributed by atoms with Crippen molar-refractivity contribution in [2.75, 3.05) is 20.4 Å². The summed E-state index contributed by atoms with van der Waals surface area (Å²) in [5.41, 5.74) is -0.0366. The molecule has 1 aliphatic rings. The van der Waals surface area contributed by atoms with Crippen LogP contribution >= 0.6 is 0 Å². The van der Waals surface area contributed by atoms with Crippen LogP contribution in [-0.2, 0) is 12.7 Å². The molecule has 7 heteroatoms. The third-order valence-corrected chi connectivity index (χ3v) is 3.92. The molecular weight excluding hydrogens is 350 g/mol. The predicted molar refractivity (Wildman–Crippen MR) is 89.3 cm³/mol. The van der Waals surface area contributed by atoms with E-state index in [9.17, 15) is 17.6 Å². The lowest BCUT2D eigenvalue weighted by molar-refractivity contribution is -0.137. The molecule has 0 spiro atoms. The van der Waals surface area contributed by atoms with Gasteiger partial charge in [-0.05, 0) is 42.4 Å². The molecule has 3 nitrogen and oxygen atoms in total. The molecule has 0 bridgehead atoms. The smallest absolute Gasteiger partial charge is 0.417 e. The van der Waals surface area contributed by atoms with Crippen molar-refractivity contribution in [3.8, 4) is 11.5 Å². The Kier molecular flexibility index (Phi) is 5.18. The zero-order valence-corrected chi connectivity index (χ0v) is 14.0. The van der Waals surface area contributed by atoms with Crippen molar-refractivity contribution in [1.29, 1.82) is 0 Å². The molecule has 138 valence electrons. The van der Waals surface area contributed by atoms with Gasteiger partial charge in [0.15, 0.2) is 11.5 Å². The van der Waals surface area contributed by atoms with Gasteiger partial charge in [0.2, 0.25) is 6.79 Å². The second-order valence-electron chi connectivity index (χ2n) is 6.02. The van der Waals surface area contributed by atoms with Gasteiger partial charge < -0.3 is 9.47 Å². The van der Waals surface area contributed by atoms with Crippen molar-refractivity contribution in [2.24, 2.45) is 0 Å². The summed E-state index contributed by atoms with van der Waals surface area (Å²) >= 11 is 0. The van der Waals surface area contributed by atoms with Crippen molar-refractivity contribution >= 4 is 6.08 Å². The van der Waals surface area contributed by atoms with Gasteiger partial charge in [-0.3, -0.25) is 4.90 Å². The summed E-state index contributed by atoms with van der Waals surface area (Å²) in [6, 6.07) is 8.28. The third-order valence-electron chi connectivity index (χ3n) is 3.92. The minimum atomic E-state index is -4.60. The first-order valence-corrected chi connectivity index (χ1v) is 7.93. The fourth-order valence-corrected chi connectivity index (χ4v) is 2.69. The minimum Gasteiger partial charge on any atom is -0.454 e. The van der Waals surface area contributed by atoms with Crippen LogP contribution in [0.1, 0.15) is 16.7 Å². The number of fused-ring (bicyclic) bond motifs is 1. The Morgan fingerprint density at radius 3 is 2.62 bits per heavy atom. The molecule has 0 aromatic heterocycles. The predicted octanol–water partition coefficient (Wildman–Crippen LogP) is 4.72. The average molecular weight is 367 g/mol. The van der Waals surface area contributed by atoms with Crippen LogP contribution in [0.4, 0.5) is 17.6 Å². The van der Waals surface area contributed by atoms with Gasteiger partial charge >= 0.3 is 6.18 Å². The normalized spacial score (nSPS) is 13.8. The molecule has 1 aliphatic heterocycles. The second kappa shape index (κ2) is 7.37. The Balaban J connectivity index is 1.63. The highest BCUT2D eigenvalue weighted by Gasteiger charge is 2.33. The Bertz CT molecular complexity index is 818. The van der Waals surface area contributed by atoms with E-state index in [0.717, 1.165) is 17.7 Å². The number of nitrogens with zero attached hydrogens (tertiary/aromatic N) is 1. The highest BCUT2D eigenvalue weighted by Crippen LogP contribution is 2.34. The maximum Gasteiger partial charge on any atom is 0.417 e. The highest BCUT2D eigenvalue weighted by atomic mass is 19.4. The van der Waals surface area contributed by atoms with Gasteiger partial charge in [0.25, 0.3) is 0 Å². The van der Waals surface area contributed by atoms with E-state index >= 15 is 0 Å². The van der Waals surface area contributed by atoms with Crippen LogP contribution in [0, 0.1) is 5.82 Å². The maximum atomic E-state index is 13.1. The van der Waals surface area contributed by atoms with E-state index < -0.39 is 17.6 Å². The molecule has 1 heterocycles. The van der Waals surface area contributed by atoms with E-state index in [0.29, 0.717) is 30.7 Å². The van der Waals surface area contributed by atoms with E-state index in [-0.39, 0.29) is 12.4 Å². The van der Waals surface area contributed by atoms with Crippen molar-refractivity contribution in [2.45, 2.75) is 12.7 Å². The molecule has 2 aromatic carbocycles. The van der Waals surface area contributed by atoms with Crippen molar-refractivity contribution in [1.82, 2.24) is 4.90 Å². The van der Waals surface area contributed by atoms with Crippen molar-refractivity contribution in [3.63, 3.8) is 0 Å². The number of hydrogen-bond donors (Lipinski definition) is 0. The molecule has 0 radical (unpaired) electrons. The molecule has 2 aromatic rings. The minimum absolute atomic E-state index is 0.0598. The molecule has 0 fully saturated rings. The summed E-state index contributed by atoms with van der Waals surface area (Å²) in [5, 5.41) is 0. The number of benzene rings is 2. The molecular formula is C19H17F4NO2. The van der Waals surface area contributed by atoms with Crippen molar-refractivity contribution in [3.05, 3.63) is 65.0 Å². The van der Waals surface area contributed by atoms with Crippen LogP contribution in [0.3, 0.4) is 0 Å². The monoisotopic (exact) mass is 367 g/mol. The second-order valence-corrected chi connectivity index (χ2v) is 6.02. The zero-order chi connectivity index (χ0) is 18.7. The number of hydrogen-bond acceptors (Lipinski definition) is 3. The Morgan fingerprint density at radius 1 is 1.08 bits per heavy atom. The summed E-state index contributed by atoms with van der Waals surface area (Å²) < 4.78 is 62.6. The molecule has 0 saturated heterocycles. The van der Waals surface area contributed by atoms with E-state index in [4.69, 9.17) is 9.47 Å². The molecule has 3 rings (SSSR count). The average Bonchev–Trinajstić information content (AvgIpc) is 3.03. The standard InChI is InChI=1S/C19H17F4NO2/c1-24(11-13-4-7-17-18(9-13)26-12-25-17)8-2-3-14-5-6-15(20)10-16(14)19(21,22)23/h2-7,9-10H,8,11-12H2,1H3/b3-2+. The van der Waals surface area contributed by atoms with Crippen LogP contribution in [-0.4, -0.2) is 25.3 Å². The molecule has 0 saturated carbocycles. The number of ether oxygens (including phenoxy) is 2. The molecule has 0 atom stereocenters. The van der Waals surface area contributed by atoms with E-state index in [2.05, 4.69) is 0 Å². The van der Waals surface area contributed by atoms with Gasteiger partial charge in [-0.2, -0.15) is 13.2 Å². The summed E-state index contributed by atoms with van der Waals surface area (Å²) in [7, 11) is 1.85. The number of halogens is 4. The van der Waals surface area contributed by atoms with Gasteiger partial charge in [-0.25, -0.2) is 4.39 Å². The topological polar surface area (TPSA) is 21.7 Å². The van der Waals surface area contributed by atoms with Crippen LogP contribution in [0.15, 0.2) is 42.5 Å². The van der Waals surface area contributed by atoms with Gasteiger partial charge in [0.05, 0.1) is 5.56 Å². The van der Waals surface area contributed by atoms with Gasteiger partial charge in [-0.1, -0.05) is 24.3 Å². The van der Waals surface area contributed by atoms with E-state index in [1.165, 1.54) is 6.08 Å². The van der Waals surface area contributed by atoms with E-state index in [1.807, 2.05) is 30.1 Å². The molecule has 26 heavy (non-hydrogen) atoms. The SMILES string of the molecule is CN(C/C=C/c1ccc(F)cc1C(F)(F)F)Cc1ccc2c(c1)OCO2. The fourth-order valence-electron chi connectivity index (χ4n) is 2.69. The first-order valence-electron chi connectivity index (χ1n) is 7.93. The summed E-state index contributed by atoms with van der Waals surface area (Å²) in [5.74, 6) is 0.481. The van der Waals surface area contributed by atoms with Crippen LogP contribution in [0.2, 0.25) is 0 Å². The molecule has 0 unspecified atom stereocenters. The number of rotatable bonds is 5. The van der Waals surface area contributed by atoms with Crippen LogP contribution < -0.4 is 9.47 Å². The van der Waals surface area contributed by atoms with Crippen molar-refractivity contribution < 1.29 is 27.0 Å². The number of likely N-dealkylation sites (N-methyl/N-ethyl adjacent to an activating group) is 1. The largest absolute Gasteiger partial charge is 0.454 e. The Morgan fingerprint density at radius 2 is 1.85 bits per heavy atom. The summed E-state index contributed by atoms with van der Waals surface area (Å²) in [6.07, 6.45) is -1.62. The van der Waals surface area contributed by atoms with Gasteiger partial charge in [0, 0.05) is 13.1 Å². The lowest BCUT2D eigenvalue weighted by Crippen LogP contribution is -2.17. The quantitative estimate of drug-likeness (QED) is 0.714. The summed E-state index contributed by atoms with van der Waals surface area (Å²) in [4.78, 5) is 1.94. The van der Waals surface area contributed by atoms with Gasteiger partial charge in [-0.15, -0.1) is 0 Å². The lowest BCUT2D eigenvalue weighted by Gasteiger charge is -2.15. The first kappa shape index (κ1) is 18.3. The molecule has 0 N–H and O–H groups in total. The number of alkyl halides is 3. The molecule has 0 amide bonds. The summed E-state index contributed by atoms with van der Waals surface area (Å²) in [6.45, 7) is 1.23. The maximum absolute atomic E-state index is 13.1. The third kappa shape index (κ3) is 4.35. The first-order chi connectivity index (χ1) is 12.3. The lowest BCUT2D eigenvalue weighted by atomic mass is 10.1. The van der Waals surface area contributed by atoms with Crippen LogP contribution in [0.25, 0.3) is 6.08 Å². The Hall–Kier alpha value is -2.54. The van der Waals surface area contributed by atoms with Crippen LogP contribution in [0.5, 0.6) is 11.5 Å². The molecule has 0 aliphatic carbocycles. The highest BCUT2D eigenvalue weighted by molar-refractivity contribution is 5.55. The van der Waals surface area contributed by atoms with Gasteiger partial charge in [0.1, 0.15) is 5.82 Å².